The van der Waals surface area contributed by atoms with E-state index < -0.39 is 23.8 Å². The van der Waals surface area contributed by atoms with Crippen LogP contribution in [0.2, 0.25) is 0 Å². The molecule has 0 aromatic heterocycles. The van der Waals surface area contributed by atoms with Gasteiger partial charge in [-0.15, -0.1) is 5.06 Å². The number of carbonyl (C=O) groups is 2. The second kappa shape index (κ2) is 9.56. The Bertz CT molecular complexity index is 830. The second-order valence-corrected chi connectivity index (χ2v) is 9.02. The van der Waals surface area contributed by atoms with Crippen LogP contribution in [0.25, 0.3) is 0 Å². The van der Waals surface area contributed by atoms with E-state index in [4.69, 9.17) is 14.3 Å². The quantitative estimate of drug-likeness (QED) is 0.641. The van der Waals surface area contributed by atoms with Gasteiger partial charge in [0.15, 0.2) is 0 Å². The van der Waals surface area contributed by atoms with Crippen molar-refractivity contribution in [2.24, 2.45) is 0 Å². The molecule has 0 aliphatic carbocycles. The van der Waals surface area contributed by atoms with Crippen LogP contribution in [-0.2, 0) is 27.2 Å². The fourth-order valence-electron chi connectivity index (χ4n) is 3.76. The van der Waals surface area contributed by atoms with Gasteiger partial charge in [-0.2, -0.15) is 13.2 Å². The largest absolute Gasteiger partial charge is 0.528 e. The first kappa shape index (κ1) is 24.2. The lowest BCUT2D eigenvalue weighted by atomic mass is 10.0. The molecule has 32 heavy (non-hydrogen) atoms. The number of halogens is 3. The highest BCUT2D eigenvalue weighted by Crippen LogP contribution is 2.27. The van der Waals surface area contributed by atoms with Crippen LogP contribution < -0.4 is 4.74 Å². The molecule has 1 saturated heterocycles. The van der Waals surface area contributed by atoms with Gasteiger partial charge in [-0.1, -0.05) is 6.07 Å². The molecule has 0 N–H and O–H groups in total. The Morgan fingerprint density at radius 1 is 0.969 bits per heavy atom. The maximum Gasteiger partial charge on any atom is 0.528 e. The number of piperidine rings is 1. The molecule has 1 aromatic rings. The summed E-state index contributed by atoms with van der Waals surface area (Å²) in [6.07, 6.45) is -3.65. The summed E-state index contributed by atoms with van der Waals surface area (Å²) in [6.45, 7) is 6.37. The molecule has 3 rings (SSSR count). The Morgan fingerprint density at radius 3 is 2.19 bits per heavy atom. The van der Waals surface area contributed by atoms with E-state index in [1.54, 1.807) is 25.8 Å². The minimum Gasteiger partial charge on any atom is -0.490 e. The van der Waals surface area contributed by atoms with E-state index in [1.807, 2.05) is 18.2 Å². The summed E-state index contributed by atoms with van der Waals surface area (Å²) in [6, 6.07) is 5.51. The van der Waals surface area contributed by atoms with Gasteiger partial charge in [0.2, 0.25) is 0 Å². The number of hydroxylamine groups is 2. The molecule has 1 aromatic carbocycles. The third kappa shape index (κ3) is 6.75. The van der Waals surface area contributed by atoms with Gasteiger partial charge in [-0.05, 0) is 56.9 Å². The first-order valence-electron chi connectivity index (χ1n) is 10.7. The van der Waals surface area contributed by atoms with E-state index in [0.717, 1.165) is 16.0 Å². The van der Waals surface area contributed by atoms with E-state index in [1.165, 1.54) is 0 Å². The zero-order chi connectivity index (χ0) is 23.5. The summed E-state index contributed by atoms with van der Waals surface area (Å²) in [5, 5.41) is 1.55. The molecule has 2 aliphatic heterocycles. The lowest BCUT2D eigenvalue weighted by Gasteiger charge is -2.31. The number of ether oxygens (including phenoxy) is 2. The maximum absolute atomic E-state index is 12.7. The molecule has 0 radical (unpaired) electrons. The molecule has 0 spiro atoms. The minimum atomic E-state index is -4.85. The summed E-state index contributed by atoms with van der Waals surface area (Å²) >= 11 is 0. The number of nitrogens with zero attached hydrogens (tertiary/aromatic N) is 2. The van der Waals surface area contributed by atoms with Crippen molar-refractivity contribution in [1.82, 2.24) is 9.96 Å². The highest BCUT2D eigenvalue weighted by atomic mass is 19.4. The van der Waals surface area contributed by atoms with E-state index in [-0.39, 0.29) is 19.2 Å². The monoisotopic (exact) mass is 458 g/mol. The average molecular weight is 458 g/mol. The van der Waals surface area contributed by atoms with Crippen LogP contribution in [0.5, 0.6) is 5.75 Å². The highest BCUT2D eigenvalue weighted by molar-refractivity contribution is 5.82. The Balaban J connectivity index is 1.51. The van der Waals surface area contributed by atoms with E-state index >= 15 is 0 Å². The zero-order valence-corrected chi connectivity index (χ0v) is 18.5. The molecular weight excluding hydrogens is 429 g/mol. The predicted octanol–water partition coefficient (Wildman–Crippen LogP) is 3.89. The number of hydrogen-bond donors (Lipinski definition) is 0. The van der Waals surface area contributed by atoms with Gasteiger partial charge in [0.05, 0.1) is 0 Å². The van der Waals surface area contributed by atoms with Crippen LogP contribution in [0, 0.1) is 0 Å². The summed E-state index contributed by atoms with van der Waals surface area (Å²) in [4.78, 5) is 29.4. The molecule has 10 heteroatoms. The van der Waals surface area contributed by atoms with Crippen LogP contribution in [0.15, 0.2) is 18.2 Å². The fraction of sp³-hybridized carbons (Fsp3) is 0.636. The van der Waals surface area contributed by atoms with E-state index in [0.29, 0.717) is 44.5 Å². The Kier molecular flexibility index (Phi) is 7.22. The first-order chi connectivity index (χ1) is 14.9. The molecule has 7 nitrogen and oxygen atoms in total. The van der Waals surface area contributed by atoms with Crippen LogP contribution >= 0.6 is 0 Å². The van der Waals surface area contributed by atoms with E-state index in [2.05, 4.69) is 0 Å². The molecule has 0 unspecified atom stereocenters. The molecule has 178 valence electrons. The van der Waals surface area contributed by atoms with Crippen LogP contribution in [0.4, 0.5) is 18.0 Å². The van der Waals surface area contributed by atoms with Crippen molar-refractivity contribution in [2.75, 3.05) is 26.2 Å². The Labute approximate surface area is 185 Å². The summed E-state index contributed by atoms with van der Waals surface area (Å²) < 4.78 is 49.4. The number of carbonyl (C=O) groups excluding carboxylic acids is 2. The van der Waals surface area contributed by atoms with Crippen molar-refractivity contribution < 1.29 is 37.1 Å². The van der Waals surface area contributed by atoms with Crippen molar-refractivity contribution in [3.8, 4) is 5.75 Å². The second-order valence-electron chi connectivity index (χ2n) is 9.02. The molecule has 2 heterocycles. The lowest BCUT2D eigenvalue weighted by molar-refractivity contribution is -0.185. The van der Waals surface area contributed by atoms with Crippen molar-refractivity contribution >= 4 is 12.1 Å². The third-order valence-corrected chi connectivity index (χ3v) is 5.31. The normalized spacial score (nSPS) is 18.5. The van der Waals surface area contributed by atoms with Gasteiger partial charge in [-0.3, -0.25) is 4.79 Å². The standard InChI is InChI=1S/C22H29F3N2O5/c1-21(2,3)31-20(29)32-27-12-8-17(9-13-27)30-18-5-4-15-6-10-26(11-7-16(15)14-18)19(28)22(23,24)25/h4-5,14,17H,6-13H2,1-3H3. The summed E-state index contributed by atoms with van der Waals surface area (Å²) in [7, 11) is 0. The molecule has 0 saturated carbocycles. The lowest BCUT2D eigenvalue weighted by Crippen LogP contribution is -2.42. The van der Waals surface area contributed by atoms with Gasteiger partial charge < -0.3 is 19.2 Å². The number of amides is 1. The molecule has 1 fully saturated rings. The molecular formula is C22H29F3N2O5. The van der Waals surface area contributed by atoms with E-state index in [9.17, 15) is 22.8 Å². The van der Waals surface area contributed by atoms with Gasteiger partial charge in [0, 0.05) is 39.0 Å². The number of fused-ring (bicyclic) bond motifs is 1. The predicted molar refractivity (Wildman–Crippen MR) is 109 cm³/mol. The Hall–Kier alpha value is -2.49. The van der Waals surface area contributed by atoms with Gasteiger partial charge in [-0.25, -0.2) is 4.79 Å². The van der Waals surface area contributed by atoms with Gasteiger partial charge in [0.1, 0.15) is 17.5 Å². The highest BCUT2D eigenvalue weighted by Gasteiger charge is 2.42. The number of hydrogen-bond acceptors (Lipinski definition) is 6. The SMILES string of the molecule is CC(C)(C)OC(=O)ON1CCC(Oc2ccc3c(c2)CCN(C(=O)C(F)(F)F)CC3)CC1. The number of benzene rings is 1. The van der Waals surface area contributed by atoms with Crippen LogP contribution in [0.3, 0.4) is 0 Å². The summed E-state index contributed by atoms with van der Waals surface area (Å²) in [5.41, 5.74) is 1.20. The van der Waals surface area contributed by atoms with Crippen molar-refractivity contribution in [1.29, 1.82) is 0 Å². The molecule has 2 aliphatic rings. The summed E-state index contributed by atoms with van der Waals surface area (Å²) in [5.74, 6) is -1.15. The first-order valence-corrected chi connectivity index (χ1v) is 10.7. The topological polar surface area (TPSA) is 68.3 Å². The van der Waals surface area contributed by atoms with Crippen molar-refractivity contribution in [2.45, 2.75) is 64.3 Å². The molecule has 0 atom stereocenters. The molecule has 1 amide bonds. The number of alkyl halides is 3. The van der Waals surface area contributed by atoms with Crippen molar-refractivity contribution in [3.63, 3.8) is 0 Å². The zero-order valence-electron chi connectivity index (χ0n) is 18.5. The van der Waals surface area contributed by atoms with Crippen LogP contribution in [-0.4, -0.2) is 66.1 Å². The van der Waals surface area contributed by atoms with Crippen molar-refractivity contribution in [3.05, 3.63) is 29.3 Å². The Morgan fingerprint density at radius 2 is 1.59 bits per heavy atom. The fourth-order valence-corrected chi connectivity index (χ4v) is 3.76. The minimum absolute atomic E-state index is 0.0230. The smallest absolute Gasteiger partial charge is 0.490 e. The third-order valence-electron chi connectivity index (χ3n) is 5.31. The van der Waals surface area contributed by atoms with Gasteiger partial charge in [0.25, 0.3) is 0 Å². The average Bonchev–Trinajstić information content (AvgIpc) is 2.89. The van der Waals surface area contributed by atoms with Crippen LogP contribution in [0.1, 0.15) is 44.7 Å². The molecule has 0 bridgehead atoms. The van der Waals surface area contributed by atoms with Gasteiger partial charge >= 0.3 is 18.2 Å². The maximum atomic E-state index is 12.7. The number of rotatable bonds is 3.